The Morgan fingerprint density at radius 2 is 2.19 bits per heavy atom. The fourth-order valence-electron chi connectivity index (χ4n) is 2.75. The van der Waals surface area contributed by atoms with Crippen molar-refractivity contribution < 1.29 is 10.3 Å². The van der Waals surface area contributed by atoms with Gasteiger partial charge in [-0.1, -0.05) is 5.16 Å². The van der Waals surface area contributed by atoms with Gasteiger partial charge in [-0.05, 0) is 51.7 Å². The first-order valence-electron chi connectivity index (χ1n) is 7.33. The smallest absolute Gasteiger partial charge is 0.173 e. The monoisotopic (exact) mass is 292 g/mol. The number of amidine groups is 1. The first-order valence-corrected chi connectivity index (χ1v) is 7.33. The average Bonchev–Trinajstić information content (AvgIpc) is 2.88. The summed E-state index contributed by atoms with van der Waals surface area (Å²) >= 11 is 0. The second-order valence-electron chi connectivity index (χ2n) is 6.13. The third kappa shape index (κ3) is 3.44. The van der Waals surface area contributed by atoms with E-state index >= 15 is 0 Å². The lowest BCUT2D eigenvalue weighted by molar-refractivity contribution is 0.0874. The Labute approximate surface area is 125 Å². The van der Waals surface area contributed by atoms with Crippen LogP contribution >= 0.6 is 0 Å². The summed E-state index contributed by atoms with van der Waals surface area (Å²) in [7, 11) is 0. The van der Waals surface area contributed by atoms with Crippen molar-refractivity contribution in [3.8, 4) is 0 Å². The highest BCUT2D eigenvalue weighted by Crippen LogP contribution is 2.28. The number of anilines is 1. The number of hydrogen-bond acceptors (Lipinski definition) is 5. The molecule has 0 bridgehead atoms. The number of pyridine rings is 1. The van der Waals surface area contributed by atoms with Gasteiger partial charge < -0.3 is 20.9 Å². The highest BCUT2D eigenvalue weighted by atomic mass is 16.4. The maximum absolute atomic E-state index is 10.1. The number of nitrogens with two attached hydrogens (primary N) is 1. The summed E-state index contributed by atoms with van der Waals surface area (Å²) in [6.45, 7) is 6.62. The summed E-state index contributed by atoms with van der Waals surface area (Å²) in [5.41, 5.74) is 7.84. The second-order valence-corrected chi connectivity index (χ2v) is 6.13. The van der Waals surface area contributed by atoms with E-state index in [9.17, 15) is 5.11 Å². The number of oxime groups is 1. The van der Waals surface area contributed by atoms with Crippen molar-refractivity contribution >= 4 is 11.7 Å². The second kappa shape index (κ2) is 5.89. The van der Waals surface area contributed by atoms with Crippen LogP contribution in [0.4, 0.5) is 5.82 Å². The number of aliphatic hydroxyl groups is 1. The van der Waals surface area contributed by atoms with E-state index in [1.807, 2.05) is 17.9 Å². The van der Waals surface area contributed by atoms with E-state index in [4.69, 9.17) is 15.9 Å². The van der Waals surface area contributed by atoms with Crippen molar-refractivity contribution in [3.63, 3.8) is 0 Å². The van der Waals surface area contributed by atoms with Gasteiger partial charge in [0, 0.05) is 18.8 Å². The molecule has 1 aliphatic carbocycles. The van der Waals surface area contributed by atoms with Gasteiger partial charge >= 0.3 is 0 Å². The molecule has 1 aromatic heterocycles. The van der Waals surface area contributed by atoms with Gasteiger partial charge in [0.2, 0.25) is 0 Å². The molecule has 21 heavy (non-hydrogen) atoms. The summed E-state index contributed by atoms with van der Waals surface area (Å²) in [4.78, 5) is 6.68. The number of fused-ring (bicyclic) bond motifs is 1. The van der Waals surface area contributed by atoms with Gasteiger partial charge in [0.15, 0.2) is 5.84 Å². The lowest BCUT2D eigenvalue weighted by Crippen LogP contribution is -2.40. The lowest BCUT2D eigenvalue weighted by atomic mass is 10.1. The molecule has 6 heteroatoms. The van der Waals surface area contributed by atoms with Crippen LogP contribution in [0.3, 0.4) is 0 Å². The van der Waals surface area contributed by atoms with E-state index in [0.29, 0.717) is 24.5 Å². The fourth-order valence-corrected chi connectivity index (χ4v) is 2.75. The molecule has 0 spiro atoms. The van der Waals surface area contributed by atoms with Crippen LogP contribution < -0.4 is 10.6 Å². The molecular formula is C15H24N4O2. The molecule has 0 aliphatic heterocycles. The maximum atomic E-state index is 10.1. The fraction of sp³-hybridized carbons (Fsp3) is 0.600. The summed E-state index contributed by atoms with van der Waals surface area (Å²) in [5, 5.41) is 22.2. The Bertz CT molecular complexity index is 549. The van der Waals surface area contributed by atoms with Crippen LogP contribution in [0.15, 0.2) is 11.2 Å². The maximum Gasteiger partial charge on any atom is 0.173 e. The van der Waals surface area contributed by atoms with Crippen LogP contribution in [0.5, 0.6) is 0 Å². The average molecular weight is 292 g/mol. The number of rotatable bonds is 5. The van der Waals surface area contributed by atoms with Gasteiger partial charge in [-0.15, -0.1) is 0 Å². The molecule has 0 fully saturated rings. The van der Waals surface area contributed by atoms with Crippen LogP contribution in [0.2, 0.25) is 0 Å². The first kappa shape index (κ1) is 15.6. The van der Waals surface area contributed by atoms with Gasteiger partial charge in [-0.2, -0.15) is 0 Å². The molecule has 1 aliphatic rings. The third-order valence-electron chi connectivity index (χ3n) is 3.67. The topological polar surface area (TPSA) is 95.0 Å². The van der Waals surface area contributed by atoms with Crippen LogP contribution in [-0.2, 0) is 12.8 Å². The third-order valence-corrected chi connectivity index (χ3v) is 3.67. The van der Waals surface area contributed by atoms with Crippen molar-refractivity contribution in [2.75, 3.05) is 18.0 Å². The molecule has 0 saturated carbocycles. The van der Waals surface area contributed by atoms with E-state index in [-0.39, 0.29) is 5.84 Å². The highest BCUT2D eigenvalue weighted by Gasteiger charge is 2.24. The molecule has 116 valence electrons. The molecule has 0 saturated heterocycles. The van der Waals surface area contributed by atoms with Crippen LogP contribution in [0, 0.1) is 0 Å². The van der Waals surface area contributed by atoms with E-state index in [2.05, 4.69) is 5.16 Å². The number of aryl methyl sites for hydroxylation is 2. The zero-order valence-electron chi connectivity index (χ0n) is 12.9. The Kier molecular flexibility index (Phi) is 4.37. The summed E-state index contributed by atoms with van der Waals surface area (Å²) in [6.07, 6.45) is 3.02. The van der Waals surface area contributed by atoms with E-state index in [0.717, 1.165) is 25.0 Å². The molecule has 0 atom stereocenters. The van der Waals surface area contributed by atoms with Gasteiger partial charge in [-0.3, -0.25) is 0 Å². The van der Waals surface area contributed by atoms with E-state index < -0.39 is 5.60 Å². The predicted octanol–water partition coefficient (Wildman–Crippen LogP) is 1.26. The van der Waals surface area contributed by atoms with Crippen LogP contribution in [0.1, 0.15) is 44.0 Å². The molecule has 0 amide bonds. The molecule has 2 rings (SSSR count). The zero-order valence-corrected chi connectivity index (χ0v) is 12.9. The van der Waals surface area contributed by atoms with Crippen molar-refractivity contribution in [2.24, 2.45) is 10.9 Å². The van der Waals surface area contributed by atoms with Gasteiger partial charge in [0.1, 0.15) is 5.82 Å². The molecule has 1 heterocycles. The summed E-state index contributed by atoms with van der Waals surface area (Å²) in [6, 6.07) is 1.97. The quantitative estimate of drug-likeness (QED) is 0.329. The van der Waals surface area contributed by atoms with Crippen molar-refractivity contribution in [2.45, 2.75) is 45.6 Å². The van der Waals surface area contributed by atoms with Gasteiger partial charge in [0.05, 0.1) is 11.2 Å². The predicted molar refractivity (Wildman–Crippen MR) is 83.0 cm³/mol. The zero-order chi connectivity index (χ0) is 15.6. The first-order chi connectivity index (χ1) is 9.85. The van der Waals surface area contributed by atoms with E-state index in [1.165, 1.54) is 5.56 Å². The normalized spacial score (nSPS) is 15.1. The van der Waals surface area contributed by atoms with Crippen molar-refractivity contribution in [1.82, 2.24) is 4.98 Å². The van der Waals surface area contributed by atoms with E-state index in [1.54, 1.807) is 13.8 Å². The molecule has 0 unspecified atom stereocenters. The Morgan fingerprint density at radius 1 is 1.48 bits per heavy atom. The van der Waals surface area contributed by atoms with Gasteiger partial charge in [0.25, 0.3) is 0 Å². The van der Waals surface area contributed by atoms with Crippen molar-refractivity contribution in [1.29, 1.82) is 0 Å². The van der Waals surface area contributed by atoms with Crippen molar-refractivity contribution in [3.05, 3.63) is 22.9 Å². The highest BCUT2D eigenvalue weighted by molar-refractivity contribution is 6.01. The minimum absolute atomic E-state index is 0.0568. The molecule has 6 nitrogen and oxygen atoms in total. The Hall–Kier alpha value is -1.82. The number of nitrogens with zero attached hydrogens (tertiary/aromatic N) is 3. The molecule has 0 radical (unpaired) electrons. The summed E-state index contributed by atoms with van der Waals surface area (Å²) in [5.74, 6) is 0.733. The summed E-state index contributed by atoms with van der Waals surface area (Å²) < 4.78 is 0. The van der Waals surface area contributed by atoms with Crippen LogP contribution in [0.25, 0.3) is 0 Å². The number of aromatic nitrogens is 1. The Morgan fingerprint density at radius 3 is 2.76 bits per heavy atom. The minimum atomic E-state index is -0.848. The number of hydrogen-bond donors (Lipinski definition) is 3. The molecular weight excluding hydrogens is 268 g/mol. The largest absolute Gasteiger partial charge is 0.409 e. The SMILES string of the molecule is CCN(CC(C)(C)O)c1nc2c(cc1C(N)=NO)CCC2. The molecule has 4 N–H and O–H groups in total. The van der Waals surface area contributed by atoms with Crippen LogP contribution in [-0.4, -0.2) is 39.8 Å². The lowest BCUT2D eigenvalue weighted by Gasteiger charge is -2.30. The standard InChI is InChI=1S/C15H24N4O2/c1-4-19(9-15(2,3)20)14-11(13(16)18-21)8-10-6-5-7-12(10)17-14/h8,20-21H,4-7,9H2,1-3H3,(H2,16,18). The minimum Gasteiger partial charge on any atom is -0.409 e. The number of likely N-dealkylation sites (N-methyl/N-ethyl adjacent to an activating group) is 1. The molecule has 0 aromatic carbocycles. The molecule has 1 aromatic rings. The Balaban J connectivity index is 2.49. The van der Waals surface area contributed by atoms with Gasteiger partial charge in [-0.25, -0.2) is 4.98 Å².